The van der Waals surface area contributed by atoms with Crippen molar-refractivity contribution in [2.45, 2.75) is 290 Å². The number of nitrogens with one attached hydrogen (secondary N) is 1. The van der Waals surface area contributed by atoms with E-state index in [1.54, 1.807) is 0 Å². The van der Waals surface area contributed by atoms with E-state index in [-0.39, 0.29) is 31.9 Å². The molecule has 0 aliphatic heterocycles. The third-order valence-electron chi connectivity index (χ3n) is 12.2. The fourth-order valence-electron chi connectivity index (χ4n) is 8.02. The van der Waals surface area contributed by atoms with Crippen LogP contribution in [0.5, 0.6) is 0 Å². The maximum atomic E-state index is 13.1. The molecule has 0 aliphatic rings. The largest absolute Gasteiger partial charge is 0.472 e. The Morgan fingerprint density at radius 3 is 1.28 bits per heavy atom. The Balaban J connectivity index is 4.66. The van der Waals surface area contributed by atoms with Gasteiger partial charge in [-0.15, -0.1) is 0 Å². The molecule has 3 atom stereocenters. The number of allylic oxidation sites excluding steroid dienone is 2. The summed E-state index contributed by atoms with van der Waals surface area (Å²) in [5.41, 5.74) is 0. The molecule has 10 nitrogen and oxygen atoms in total. The summed E-state index contributed by atoms with van der Waals surface area (Å²) in [6.45, 7) is 5.80. The third kappa shape index (κ3) is 44.3. The summed E-state index contributed by atoms with van der Waals surface area (Å²) in [7, 11) is -4.64. The summed E-state index contributed by atoms with van der Waals surface area (Å²) < 4.78 is 28.5. The van der Waals surface area contributed by atoms with Gasteiger partial charge in [-0.3, -0.25) is 23.4 Å². The number of phosphoric acid groups is 1. The lowest BCUT2D eigenvalue weighted by Crippen LogP contribution is -2.40. The average molecular weight is 928 g/mol. The zero-order valence-electron chi connectivity index (χ0n) is 41.9. The zero-order valence-corrected chi connectivity index (χ0v) is 42.8. The van der Waals surface area contributed by atoms with Gasteiger partial charge in [-0.25, -0.2) is 4.57 Å². The van der Waals surface area contributed by atoms with Crippen molar-refractivity contribution in [1.29, 1.82) is 0 Å². The molecule has 0 saturated heterocycles. The number of phosphoric ester groups is 1. The first-order valence-corrected chi connectivity index (χ1v) is 28.6. The predicted octanol–water partition coefficient (Wildman–Crippen LogP) is 15.3. The fourth-order valence-corrected chi connectivity index (χ4v) is 8.76. The number of carbonyl (C=O) groups excluding carboxylic acids is 3. The molecule has 0 aromatic rings. The van der Waals surface area contributed by atoms with E-state index in [0.29, 0.717) is 19.3 Å². The van der Waals surface area contributed by atoms with Crippen molar-refractivity contribution < 1.29 is 42.7 Å². The average Bonchev–Trinajstić information content (AvgIpc) is 3.28. The zero-order chi connectivity index (χ0) is 47.0. The number of carbonyl (C=O) groups is 3. The van der Waals surface area contributed by atoms with Crippen molar-refractivity contribution in [3.05, 3.63) is 12.2 Å². The minimum absolute atomic E-state index is 0.0272. The van der Waals surface area contributed by atoms with E-state index in [1.807, 2.05) is 0 Å². The van der Waals surface area contributed by atoms with Gasteiger partial charge in [0.05, 0.1) is 13.2 Å². The normalized spacial score (nSPS) is 13.6. The van der Waals surface area contributed by atoms with Crippen molar-refractivity contribution in [1.82, 2.24) is 5.32 Å². The van der Waals surface area contributed by atoms with Crippen LogP contribution in [-0.2, 0) is 32.7 Å². The standard InChI is InChI=1S/C53H102NO9P/c1-4-7-10-13-16-19-22-24-25-27-29-31-34-37-40-43-49(55)53(58)50(63-52(57)45-42-39-36-33-30-26-23-20-17-14-11-8-5-2)48-62-64(59,60)61-47-46-54-51(56)44-41-38-35-32-28-21-18-15-12-9-6-3/h24-25,50,53,58H,4-23,26-48H2,1-3H3,(H,54,56)(H,59,60)/b25-24-/t50-,53?/m0/s1. The Bertz CT molecular complexity index is 1140. The van der Waals surface area contributed by atoms with Crippen LogP contribution in [-0.4, -0.2) is 59.6 Å². The molecule has 0 rings (SSSR count). The number of ketones is 1. The number of aliphatic hydroxyl groups is 1. The number of esters is 1. The molecule has 0 spiro atoms. The van der Waals surface area contributed by atoms with Gasteiger partial charge in [0.25, 0.3) is 0 Å². The molecule has 0 aromatic heterocycles. The Kier molecular flexibility index (Phi) is 46.7. The summed E-state index contributed by atoms with van der Waals surface area (Å²) in [4.78, 5) is 48.6. The number of rotatable bonds is 51. The number of hydrogen-bond donors (Lipinski definition) is 3. The highest BCUT2D eigenvalue weighted by Crippen LogP contribution is 2.43. The summed E-state index contributed by atoms with van der Waals surface area (Å²) >= 11 is 0. The van der Waals surface area contributed by atoms with Crippen LogP contribution in [0.4, 0.5) is 0 Å². The van der Waals surface area contributed by atoms with Crippen molar-refractivity contribution >= 4 is 25.5 Å². The van der Waals surface area contributed by atoms with Crippen molar-refractivity contribution in [2.24, 2.45) is 0 Å². The fraction of sp³-hybridized carbons (Fsp3) is 0.906. The highest BCUT2D eigenvalue weighted by Gasteiger charge is 2.33. The second-order valence-electron chi connectivity index (χ2n) is 18.5. The second-order valence-corrected chi connectivity index (χ2v) is 20.0. The number of amides is 1. The van der Waals surface area contributed by atoms with Gasteiger partial charge in [-0.1, -0.05) is 226 Å². The van der Waals surface area contributed by atoms with Crippen molar-refractivity contribution in [3.8, 4) is 0 Å². The van der Waals surface area contributed by atoms with E-state index < -0.39 is 38.4 Å². The molecule has 0 radical (unpaired) electrons. The van der Waals surface area contributed by atoms with E-state index in [9.17, 15) is 28.9 Å². The van der Waals surface area contributed by atoms with Gasteiger partial charge in [0, 0.05) is 25.8 Å². The van der Waals surface area contributed by atoms with Gasteiger partial charge >= 0.3 is 13.8 Å². The number of ether oxygens (including phenoxy) is 1. The molecule has 3 N–H and O–H groups in total. The molecule has 0 bridgehead atoms. The smallest absolute Gasteiger partial charge is 0.457 e. The Morgan fingerprint density at radius 1 is 0.500 bits per heavy atom. The molecule has 378 valence electrons. The number of hydrogen-bond acceptors (Lipinski definition) is 8. The van der Waals surface area contributed by atoms with Crippen LogP contribution in [0.2, 0.25) is 0 Å². The van der Waals surface area contributed by atoms with Crippen molar-refractivity contribution in [3.63, 3.8) is 0 Å². The maximum Gasteiger partial charge on any atom is 0.472 e. The number of unbranched alkanes of at least 4 members (excludes halogenated alkanes) is 33. The van der Waals surface area contributed by atoms with Crippen LogP contribution >= 0.6 is 7.82 Å². The maximum absolute atomic E-state index is 13.1. The lowest BCUT2D eigenvalue weighted by atomic mass is 10.0. The molecule has 0 heterocycles. The third-order valence-corrected chi connectivity index (χ3v) is 13.2. The number of Topliss-reactive ketones (excluding diaryl/α,β-unsaturated/α-hetero) is 1. The van der Waals surface area contributed by atoms with Crippen LogP contribution in [0.15, 0.2) is 12.2 Å². The van der Waals surface area contributed by atoms with Gasteiger partial charge in [0.1, 0.15) is 0 Å². The summed E-state index contributed by atoms with van der Waals surface area (Å²) in [6, 6.07) is 0. The Labute approximate surface area is 394 Å². The highest BCUT2D eigenvalue weighted by atomic mass is 31.2. The predicted molar refractivity (Wildman–Crippen MR) is 266 cm³/mol. The molecular weight excluding hydrogens is 826 g/mol. The van der Waals surface area contributed by atoms with Gasteiger partial charge in [-0.2, -0.15) is 0 Å². The molecule has 0 fully saturated rings. The van der Waals surface area contributed by atoms with Gasteiger partial charge in [-0.05, 0) is 44.9 Å². The first kappa shape index (κ1) is 62.4. The topological polar surface area (TPSA) is 148 Å². The summed E-state index contributed by atoms with van der Waals surface area (Å²) in [5.74, 6) is -1.22. The highest BCUT2D eigenvalue weighted by molar-refractivity contribution is 7.47. The Hall–Kier alpha value is -1.58. The minimum atomic E-state index is -4.64. The quantitative estimate of drug-likeness (QED) is 0.0235. The molecular formula is C53H102NO9P. The van der Waals surface area contributed by atoms with Crippen LogP contribution in [0.25, 0.3) is 0 Å². The molecule has 64 heavy (non-hydrogen) atoms. The molecule has 11 heteroatoms. The molecule has 0 aromatic carbocycles. The van der Waals surface area contributed by atoms with Gasteiger partial charge in [0.15, 0.2) is 18.0 Å². The second kappa shape index (κ2) is 47.9. The van der Waals surface area contributed by atoms with E-state index in [1.165, 1.54) is 148 Å². The number of aliphatic hydroxyl groups excluding tert-OH is 1. The lowest BCUT2D eigenvalue weighted by Gasteiger charge is -2.23. The summed E-state index contributed by atoms with van der Waals surface area (Å²) in [5, 5.41) is 13.7. The van der Waals surface area contributed by atoms with Crippen LogP contribution in [0, 0.1) is 0 Å². The van der Waals surface area contributed by atoms with Crippen molar-refractivity contribution in [2.75, 3.05) is 19.8 Å². The SMILES string of the molecule is CCCCCCCC/C=C\CCCCCCCC(=O)C(O)[C@H](COP(=O)(O)OCCNC(=O)CCCCCCCCCCCCC)OC(=O)CCCCCCCCCCCCCCC. The van der Waals surface area contributed by atoms with Gasteiger partial charge < -0.3 is 20.1 Å². The lowest BCUT2D eigenvalue weighted by molar-refractivity contribution is -0.161. The molecule has 1 amide bonds. The molecule has 0 saturated carbocycles. The van der Waals surface area contributed by atoms with E-state index in [0.717, 1.165) is 77.0 Å². The van der Waals surface area contributed by atoms with E-state index in [4.69, 9.17) is 13.8 Å². The summed E-state index contributed by atoms with van der Waals surface area (Å²) in [6.07, 6.45) is 45.2. The van der Waals surface area contributed by atoms with Crippen LogP contribution in [0.3, 0.4) is 0 Å². The molecule has 0 aliphatic carbocycles. The minimum Gasteiger partial charge on any atom is -0.457 e. The van der Waals surface area contributed by atoms with Gasteiger partial charge in [0.2, 0.25) is 5.91 Å². The Morgan fingerprint density at radius 2 is 0.859 bits per heavy atom. The molecule has 2 unspecified atom stereocenters. The van der Waals surface area contributed by atoms with Crippen LogP contribution < -0.4 is 5.32 Å². The van der Waals surface area contributed by atoms with E-state index in [2.05, 4.69) is 38.2 Å². The monoisotopic (exact) mass is 928 g/mol. The first-order chi connectivity index (χ1) is 31.2. The first-order valence-electron chi connectivity index (χ1n) is 27.1. The van der Waals surface area contributed by atoms with Crippen LogP contribution in [0.1, 0.15) is 278 Å². The van der Waals surface area contributed by atoms with E-state index >= 15 is 0 Å².